The Morgan fingerprint density at radius 2 is 2.06 bits per heavy atom. The van der Waals surface area contributed by atoms with Crippen molar-refractivity contribution >= 4 is 11.3 Å². The van der Waals surface area contributed by atoms with Crippen LogP contribution in [0.1, 0.15) is 44.3 Å². The van der Waals surface area contributed by atoms with Crippen LogP contribution in [0.25, 0.3) is 0 Å². The van der Waals surface area contributed by atoms with Gasteiger partial charge in [0.2, 0.25) is 0 Å². The number of thiazole rings is 1. The van der Waals surface area contributed by atoms with Crippen molar-refractivity contribution in [2.75, 3.05) is 13.2 Å². The Morgan fingerprint density at radius 3 is 2.65 bits per heavy atom. The Kier molecular flexibility index (Phi) is 3.57. The third-order valence-corrected chi connectivity index (χ3v) is 3.98. The van der Waals surface area contributed by atoms with Crippen LogP contribution in [0.2, 0.25) is 0 Å². The fraction of sp³-hybridized carbons (Fsp3) is 0.769. The third kappa shape index (κ3) is 3.27. The Labute approximate surface area is 107 Å². The van der Waals surface area contributed by atoms with Gasteiger partial charge in [0.25, 0.3) is 0 Å². The maximum Gasteiger partial charge on any atom is 0.0934 e. The van der Waals surface area contributed by atoms with Gasteiger partial charge >= 0.3 is 0 Å². The van der Waals surface area contributed by atoms with Gasteiger partial charge in [-0.25, -0.2) is 4.98 Å². The third-order valence-electron chi connectivity index (χ3n) is 3.13. The molecule has 2 heterocycles. The molecule has 0 spiro atoms. The van der Waals surface area contributed by atoms with E-state index in [-0.39, 0.29) is 11.0 Å². The molecule has 1 saturated heterocycles. The van der Waals surface area contributed by atoms with Crippen LogP contribution in [0.4, 0.5) is 0 Å². The molecule has 0 bridgehead atoms. The number of nitrogens with two attached hydrogens (primary N) is 1. The molecule has 0 aromatic carbocycles. The summed E-state index contributed by atoms with van der Waals surface area (Å²) in [5.41, 5.74) is 7.51. The number of ether oxygens (including phenoxy) is 1. The highest BCUT2D eigenvalue weighted by molar-refractivity contribution is 7.09. The first kappa shape index (κ1) is 13.0. The second kappa shape index (κ2) is 4.67. The molecule has 0 saturated carbocycles. The number of hydrogen-bond acceptors (Lipinski definition) is 4. The van der Waals surface area contributed by atoms with Gasteiger partial charge in [0, 0.05) is 25.0 Å². The molecule has 0 amide bonds. The van der Waals surface area contributed by atoms with Crippen LogP contribution in [0.5, 0.6) is 0 Å². The Morgan fingerprint density at radius 1 is 1.41 bits per heavy atom. The van der Waals surface area contributed by atoms with E-state index in [1.807, 2.05) is 0 Å². The molecule has 2 rings (SSSR count). The molecule has 1 aromatic heterocycles. The van der Waals surface area contributed by atoms with Crippen molar-refractivity contribution in [3.63, 3.8) is 0 Å². The second-order valence-electron chi connectivity index (χ2n) is 6.13. The highest BCUT2D eigenvalue weighted by atomic mass is 32.1. The molecular formula is C13H22N2OS. The maximum absolute atomic E-state index is 6.42. The molecule has 0 aliphatic carbocycles. The van der Waals surface area contributed by atoms with Crippen molar-refractivity contribution in [2.45, 2.75) is 45.6 Å². The lowest BCUT2D eigenvalue weighted by Crippen LogP contribution is -2.42. The minimum atomic E-state index is -0.259. The van der Waals surface area contributed by atoms with E-state index in [1.165, 1.54) is 5.01 Å². The van der Waals surface area contributed by atoms with Gasteiger partial charge in [-0.15, -0.1) is 11.3 Å². The average molecular weight is 254 g/mol. The summed E-state index contributed by atoms with van der Waals surface area (Å²) in [4.78, 5) is 4.73. The molecule has 96 valence electrons. The monoisotopic (exact) mass is 254 g/mol. The van der Waals surface area contributed by atoms with Crippen molar-refractivity contribution in [2.24, 2.45) is 11.1 Å². The number of rotatable bonds is 2. The fourth-order valence-electron chi connectivity index (χ4n) is 2.07. The van der Waals surface area contributed by atoms with E-state index in [9.17, 15) is 0 Å². The number of aromatic nitrogens is 1. The summed E-state index contributed by atoms with van der Waals surface area (Å²) in [6, 6.07) is 0. The summed E-state index contributed by atoms with van der Waals surface area (Å²) < 4.78 is 5.37. The van der Waals surface area contributed by atoms with Crippen LogP contribution in [-0.4, -0.2) is 18.2 Å². The molecule has 0 radical (unpaired) electrons. The molecule has 17 heavy (non-hydrogen) atoms. The van der Waals surface area contributed by atoms with Crippen LogP contribution in [0, 0.1) is 5.41 Å². The average Bonchev–Trinajstić information content (AvgIpc) is 2.65. The summed E-state index contributed by atoms with van der Waals surface area (Å²) in [6.45, 7) is 8.22. The van der Waals surface area contributed by atoms with Crippen LogP contribution in [-0.2, 0) is 16.7 Å². The molecule has 1 fully saturated rings. The van der Waals surface area contributed by atoms with Crippen LogP contribution in [0.3, 0.4) is 0 Å². The van der Waals surface area contributed by atoms with Crippen molar-refractivity contribution in [3.05, 3.63) is 16.1 Å². The van der Waals surface area contributed by atoms with Gasteiger partial charge in [-0.3, -0.25) is 0 Å². The first-order chi connectivity index (χ1) is 7.89. The summed E-state index contributed by atoms with van der Waals surface area (Å²) in [5, 5.41) is 3.33. The summed E-state index contributed by atoms with van der Waals surface area (Å²) >= 11 is 1.74. The predicted molar refractivity (Wildman–Crippen MR) is 71.2 cm³/mol. The smallest absolute Gasteiger partial charge is 0.0934 e. The lowest BCUT2D eigenvalue weighted by molar-refractivity contribution is 0.0509. The molecular weight excluding hydrogens is 232 g/mol. The van der Waals surface area contributed by atoms with Crippen molar-refractivity contribution in [1.82, 2.24) is 4.98 Å². The largest absolute Gasteiger partial charge is 0.381 e. The molecule has 1 aromatic rings. The highest BCUT2D eigenvalue weighted by Gasteiger charge is 2.32. The minimum absolute atomic E-state index is 0.259. The van der Waals surface area contributed by atoms with Gasteiger partial charge in [0.05, 0.1) is 16.2 Å². The molecule has 2 N–H and O–H groups in total. The van der Waals surface area contributed by atoms with Crippen molar-refractivity contribution in [1.29, 1.82) is 0 Å². The Hall–Kier alpha value is -0.450. The fourth-order valence-corrected chi connectivity index (χ4v) is 3.27. The number of hydrogen-bond donors (Lipinski definition) is 1. The summed E-state index contributed by atoms with van der Waals surface area (Å²) in [7, 11) is 0. The molecule has 1 aliphatic heterocycles. The van der Waals surface area contributed by atoms with Crippen LogP contribution in [0.15, 0.2) is 5.38 Å². The first-order valence-electron chi connectivity index (χ1n) is 6.21. The lowest BCUT2D eigenvalue weighted by Gasteiger charge is -2.31. The van der Waals surface area contributed by atoms with Crippen LogP contribution < -0.4 is 5.73 Å². The van der Waals surface area contributed by atoms with Gasteiger partial charge < -0.3 is 10.5 Å². The molecule has 4 heteroatoms. The van der Waals surface area contributed by atoms with Crippen molar-refractivity contribution < 1.29 is 4.74 Å². The normalized spacial score (nSPS) is 20.5. The summed E-state index contributed by atoms with van der Waals surface area (Å²) in [5.74, 6) is 0. The quantitative estimate of drug-likeness (QED) is 0.882. The topological polar surface area (TPSA) is 48.1 Å². The molecule has 3 nitrogen and oxygen atoms in total. The Bertz CT molecular complexity index is 375. The van der Waals surface area contributed by atoms with E-state index in [4.69, 9.17) is 15.5 Å². The van der Waals surface area contributed by atoms with Crippen molar-refractivity contribution in [3.8, 4) is 0 Å². The van der Waals surface area contributed by atoms with Gasteiger partial charge in [0.1, 0.15) is 0 Å². The maximum atomic E-state index is 6.42. The van der Waals surface area contributed by atoms with Crippen LogP contribution >= 0.6 is 11.3 Å². The zero-order chi connectivity index (χ0) is 12.5. The van der Waals surface area contributed by atoms with E-state index < -0.39 is 0 Å². The minimum Gasteiger partial charge on any atom is -0.381 e. The number of nitrogens with zero attached hydrogens (tertiary/aromatic N) is 1. The predicted octanol–water partition coefficient (Wildman–Crippen LogP) is 2.70. The molecule has 1 aliphatic rings. The van der Waals surface area contributed by atoms with E-state index in [0.717, 1.165) is 38.2 Å². The molecule has 0 unspecified atom stereocenters. The summed E-state index contributed by atoms with van der Waals surface area (Å²) in [6.07, 6.45) is 2.78. The standard InChI is InChI=1S/C13H22N2OS/c1-12(2,3)8-11-15-10(9-17-11)13(14)4-6-16-7-5-13/h9H,4-8,14H2,1-3H3. The van der Waals surface area contributed by atoms with Gasteiger partial charge in [-0.1, -0.05) is 20.8 Å². The van der Waals surface area contributed by atoms with Gasteiger partial charge in [-0.05, 0) is 18.3 Å². The first-order valence-corrected chi connectivity index (χ1v) is 7.09. The Balaban J connectivity index is 2.12. The SMILES string of the molecule is CC(C)(C)Cc1nc(C2(N)CCOCC2)cs1. The van der Waals surface area contributed by atoms with E-state index >= 15 is 0 Å². The van der Waals surface area contributed by atoms with Gasteiger partial charge in [-0.2, -0.15) is 0 Å². The zero-order valence-electron chi connectivity index (χ0n) is 11.0. The second-order valence-corrected chi connectivity index (χ2v) is 7.08. The van der Waals surface area contributed by atoms with E-state index in [1.54, 1.807) is 11.3 Å². The zero-order valence-corrected chi connectivity index (χ0v) is 11.8. The highest BCUT2D eigenvalue weighted by Crippen LogP contribution is 2.31. The molecule has 0 atom stereocenters. The van der Waals surface area contributed by atoms with E-state index in [2.05, 4.69) is 26.2 Å². The lowest BCUT2D eigenvalue weighted by atomic mass is 9.88. The van der Waals surface area contributed by atoms with Gasteiger partial charge in [0.15, 0.2) is 0 Å². The van der Waals surface area contributed by atoms with E-state index in [0.29, 0.717) is 0 Å².